The van der Waals surface area contributed by atoms with Crippen LogP contribution in [0.15, 0.2) is 54.7 Å². The Hall–Kier alpha value is -2.50. The molecule has 2 N–H and O–H groups in total. The van der Waals surface area contributed by atoms with Crippen LogP contribution < -0.4 is 5.06 Å². The van der Waals surface area contributed by atoms with E-state index >= 15 is 0 Å². The second-order valence-corrected chi connectivity index (χ2v) is 8.57. The van der Waals surface area contributed by atoms with E-state index in [-0.39, 0.29) is 17.6 Å². The van der Waals surface area contributed by atoms with Crippen molar-refractivity contribution in [3.8, 4) is 0 Å². The molecule has 0 bridgehead atoms. The predicted octanol–water partition coefficient (Wildman–Crippen LogP) is 6.81. The number of anilines is 1. The van der Waals surface area contributed by atoms with Gasteiger partial charge in [0.1, 0.15) is 11.7 Å². The highest BCUT2D eigenvalue weighted by molar-refractivity contribution is 6.30. The largest absolute Gasteiger partial charge is 0.286 e. The van der Waals surface area contributed by atoms with Crippen LogP contribution in [-0.4, -0.2) is 16.0 Å². The lowest BCUT2D eigenvalue weighted by atomic mass is 9.73. The first-order chi connectivity index (χ1) is 14.4. The molecule has 4 rings (SSSR count). The number of fused-ring (bicyclic) bond motifs is 1. The highest BCUT2D eigenvalue weighted by Gasteiger charge is 2.30. The number of rotatable bonds is 4. The summed E-state index contributed by atoms with van der Waals surface area (Å²) in [5.74, 6) is 0.560. The number of benzene rings is 2. The highest BCUT2D eigenvalue weighted by atomic mass is 35.5. The minimum absolute atomic E-state index is 0.0711. The van der Waals surface area contributed by atoms with Crippen molar-refractivity contribution in [2.24, 2.45) is 11.8 Å². The summed E-state index contributed by atoms with van der Waals surface area (Å²) in [7, 11) is 0. The third-order valence-corrected chi connectivity index (χ3v) is 6.64. The van der Waals surface area contributed by atoms with Crippen molar-refractivity contribution in [3.05, 3.63) is 71.1 Å². The standard InChI is InChI=1S/C24H25ClFN3O/c1-15(24(27)29(30)20-9-6-18(25)7-10-20)16-2-4-17(5-3-16)21-12-13-28-23-11-8-19(26)14-22(21)23/h6-17,27,30H,2-5H2,1H3. The van der Waals surface area contributed by atoms with E-state index in [1.807, 2.05) is 13.0 Å². The van der Waals surface area contributed by atoms with Crippen LogP contribution in [0.3, 0.4) is 0 Å². The maximum absolute atomic E-state index is 13.8. The van der Waals surface area contributed by atoms with E-state index in [1.165, 1.54) is 6.07 Å². The molecule has 0 saturated heterocycles. The van der Waals surface area contributed by atoms with E-state index in [0.717, 1.165) is 47.2 Å². The molecule has 1 fully saturated rings. The van der Waals surface area contributed by atoms with Crippen molar-refractivity contribution in [1.29, 1.82) is 5.41 Å². The van der Waals surface area contributed by atoms with E-state index in [4.69, 9.17) is 17.0 Å². The fourth-order valence-electron chi connectivity index (χ4n) is 4.56. The number of nitrogens with one attached hydrogen (secondary N) is 1. The second kappa shape index (κ2) is 8.70. The highest BCUT2D eigenvalue weighted by Crippen LogP contribution is 2.41. The molecule has 0 radical (unpaired) electrons. The molecule has 0 spiro atoms. The average molecular weight is 426 g/mol. The molecule has 156 valence electrons. The van der Waals surface area contributed by atoms with E-state index in [0.29, 0.717) is 22.5 Å². The van der Waals surface area contributed by atoms with Gasteiger partial charge in [-0.15, -0.1) is 0 Å². The summed E-state index contributed by atoms with van der Waals surface area (Å²) in [5, 5.41) is 21.4. The normalized spacial score (nSPS) is 20.1. The molecule has 1 heterocycles. The number of nitrogens with zero attached hydrogens (tertiary/aromatic N) is 2. The lowest BCUT2D eigenvalue weighted by Gasteiger charge is -2.34. The molecule has 0 aliphatic heterocycles. The molecular formula is C24H25ClFN3O. The number of hydrogen-bond donors (Lipinski definition) is 2. The Bertz CT molecular complexity index is 1050. The van der Waals surface area contributed by atoms with Crippen LogP contribution >= 0.6 is 11.6 Å². The first kappa shape index (κ1) is 20.8. The van der Waals surface area contributed by atoms with Gasteiger partial charge < -0.3 is 0 Å². The molecule has 1 aliphatic rings. The summed E-state index contributed by atoms with van der Waals surface area (Å²) in [6.45, 7) is 2.00. The molecule has 30 heavy (non-hydrogen) atoms. The molecule has 4 nitrogen and oxygen atoms in total. The zero-order valence-electron chi connectivity index (χ0n) is 16.9. The molecule has 0 amide bonds. The third-order valence-electron chi connectivity index (χ3n) is 6.39. The Kier molecular flexibility index (Phi) is 6.02. The molecule has 1 aliphatic carbocycles. The fourth-order valence-corrected chi connectivity index (χ4v) is 4.69. The zero-order valence-corrected chi connectivity index (χ0v) is 17.6. The first-order valence-electron chi connectivity index (χ1n) is 10.3. The SMILES string of the molecule is CC(C(=N)N(O)c1ccc(Cl)cc1)C1CCC(c2ccnc3ccc(F)cc23)CC1. The van der Waals surface area contributed by atoms with Gasteiger partial charge in [-0.05, 0) is 91.6 Å². The lowest BCUT2D eigenvalue weighted by Crippen LogP contribution is -2.36. The molecule has 1 unspecified atom stereocenters. The summed E-state index contributed by atoms with van der Waals surface area (Å²) in [6.07, 6.45) is 5.67. The minimum atomic E-state index is -0.238. The van der Waals surface area contributed by atoms with Gasteiger partial charge in [-0.2, -0.15) is 0 Å². The summed E-state index contributed by atoms with van der Waals surface area (Å²) in [4.78, 5) is 4.36. The molecule has 2 aromatic carbocycles. The summed E-state index contributed by atoms with van der Waals surface area (Å²) in [5.41, 5.74) is 2.52. The zero-order chi connectivity index (χ0) is 21.3. The summed E-state index contributed by atoms with van der Waals surface area (Å²) < 4.78 is 13.8. The maximum atomic E-state index is 13.8. The third kappa shape index (κ3) is 4.18. The van der Waals surface area contributed by atoms with Crippen molar-refractivity contribution in [2.45, 2.75) is 38.5 Å². The molecule has 1 atom stereocenters. The summed E-state index contributed by atoms with van der Waals surface area (Å²) in [6, 6.07) is 13.6. The van der Waals surface area contributed by atoms with Gasteiger partial charge in [0, 0.05) is 22.5 Å². The van der Waals surface area contributed by atoms with Crippen molar-refractivity contribution < 1.29 is 9.60 Å². The maximum Gasteiger partial charge on any atom is 0.129 e. The number of amidine groups is 1. The Morgan fingerprint density at radius 2 is 1.83 bits per heavy atom. The van der Waals surface area contributed by atoms with Crippen LogP contribution in [0.1, 0.15) is 44.1 Å². The van der Waals surface area contributed by atoms with Crippen molar-refractivity contribution >= 4 is 34.0 Å². The van der Waals surface area contributed by atoms with E-state index in [1.54, 1.807) is 42.6 Å². The van der Waals surface area contributed by atoms with Gasteiger partial charge in [0.15, 0.2) is 0 Å². The minimum Gasteiger partial charge on any atom is -0.286 e. The topological polar surface area (TPSA) is 60.2 Å². The van der Waals surface area contributed by atoms with Gasteiger partial charge in [0.25, 0.3) is 0 Å². The number of hydrogen-bond acceptors (Lipinski definition) is 3. The van der Waals surface area contributed by atoms with Crippen molar-refractivity contribution in [2.75, 3.05) is 5.06 Å². The molecule has 6 heteroatoms. The number of aromatic nitrogens is 1. The quantitative estimate of drug-likeness (QED) is 0.274. The first-order valence-corrected chi connectivity index (χ1v) is 10.7. The van der Waals surface area contributed by atoms with Gasteiger partial charge in [0.05, 0.1) is 11.2 Å². The Morgan fingerprint density at radius 3 is 2.53 bits per heavy atom. The van der Waals surface area contributed by atoms with E-state index < -0.39 is 0 Å². The molecular weight excluding hydrogens is 401 g/mol. The lowest BCUT2D eigenvalue weighted by molar-refractivity contribution is 0.262. The molecule has 3 aromatic rings. The average Bonchev–Trinajstić information content (AvgIpc) is 2.78. The number of hydroxylamine groups is 1. The van der Waals surface area contributed by atoms with Gasteiger partial charge in [-0.1, -0.05) is 18.5 Å². The Labute approximate surface area is 180 Å². The number of pyridine rings is 1. The molecule has 1 aromatic heterocycles. The molecule has 1 saturated carbocycles. The van der Waals surface area contributed by atoms with Gasteiger partial charge in [-0.25, -0.2) is 9.45 Å². The number of halogens is 2. The summed E-state index contributed by atoms with van der Waals surface area (Å²) >= 11 is 5.91. The van der Waals surface area contributed by atoms with Crippen molar-refractivity contribution in [1.82, 2.24) is 4.98 Å². The van der Waals surface area contributed by atoms with Crippen LogP contribution in [-0.2, 0) is 0 Å². The van der Waals surface area contributed by atoms with E-state index in [2.05, 4.69) is 4.98 Å². The van der Waals surface area contributed by atoms with Gasteiger partial charge in [-0.3, -0.25) is 15.6 Å². The van der Waals surface area contributed by atoms with Crippen LogP contribution in [0.4, 0.5) is 10.1 Å². The van der Waals surface area contributed by atoms with Gasteiger partial charge >= 0.3 is 0 Å². The second-order valence-electron chi connectivity index (χ2n) is 8.14. The fraction of sp³-hybridized carbons (Fsp3) is 0.333. The Balaban J connectivity index is 1.43. The van der Waals surface area contributed by atoms with Crippen LogP contribution in [0.25, 0.3) is 10.9 Å². The van der Waals surface area contributed by atoms with Gasteiger partial charge in [0.2, 0.25) is 0 Å². The predicted molar refractivity (Wildman–Crippen MR) is 119 cm³/mol. The van der Waals surface area contributed by atoms with Crippen molar-refractivity contribution in [3.63, 3.8) is 0 Å². The smallest absolute Gasteiger partial charge is 0.129 e. The van der Waals surface area contributed by atoms with Crippen LogP contribution in [0, 0.1) is 23.1 Å². The Morgan fingerprint density at radius 1 is 1.13 bits per heavy atom. The monoisotopic (exact) mass is 425 g/mol. The van der Waals surface area contributed by atoms with Crippen LogP contribution in [0.5, 0.6) is 0 Å². The van der Waals surface area contributed by atoms with Crippen LogP contribution in [0.2, 0.25) is 5.02 Å². The van der Waals surface area contributed by atoms with E-state index in [9.17, 15) is 9.60 Å².